The second-order valence-electron chi connectivity index (χ2n) is 15.9. The van der Waals surface area contributed by atoms with Gasteiger partial charge in [0.05, 0.1) is 39.4 Å². The van der Waals surface area contributed by atoms with E-state index in [2.05, 4.69) is 149 Å². The van der Waals surface area contributed by atoms with Crippen LogP contribution in [0.3, 0.4) is 0 Å². The molecule has 9 aromatic carbocycles. The summed E-state index contributed by atoms with van der Waals surface area (Å²) in [6, 6.07) is 77.9. The van der Waals surface area contributed by atoms with Crippen LogP contribution in [0.2, 0.25) is 0 Å². The molecule has 0 aliphatic rings. The third-order valence-electron chi connectivity index (χ3n) is 12.2. The van der Waals surface area contributed by atoms with Crippen molar-refractivity contribution in [2.45, 2.75) is 0 Å². The van der Waals surface area contributed by atoms with Gasteiger partial charge in [-0.05, 0) is 53.6 Å². The minimum absolute atomic E-state index is 0.536. The van der Waals surface area contributed by atoms with Crippen LogP contribution in [0.4, 0.5) is 0 Å². The molecule has 6 nitrogen and oxygen atoms in total. The van der Waals surface area contributed by atoms with Gasteiger partial charge in [-0.2, -0.15) is 5.26 Å². The molecule has 0 atom stereocenters. The van der Waals surface area contributed by atoms with E-state index in [9.17, 15) is 5.26 Å². The lowest BCUT2D eigenvalue weighted by molar-refractivity contribution is 1.07. The number of benzene rings is 9. The molecule has 0 saturated heterocycles. The van der Waals surface area contributed by atoms with Crippen molar-refractivity contribution in [2.75, 3.05) is 0 Å². The number of hydrogen-bond acceptors (Lipinski definition) is 4. The Morgan fingerprint density at radius 3 is 1.50 bits per heavy atom. The van der Waals surface area contributed by atoms with Gasteiger partial charge in [0.1, 0.15) is 0 Å². The quantitative estimate of drug-likeness (QED) is 0.161. The minimum Gasteiger partial charge on any atom is -0.309 e. The van der Waals surface area contributed by atoms with E-state index in [-0.39, 0.29) is 0 Å². The van der Waals surface area contributed by atoms with Crippen molar-refractivity contribution in [1.29, 1.82) is 5.26 Å². The Labute approximate surface area is 369 Å². The lowest BCUT2D eigenvalue weighted by atomic mass is 9.90. The highest BCUT2D eigenvalue weighted by molar-refractivity contribution is 6.26. The topological polar surface area (TPSA) is 72.3 Å². The van der Waals surface area contributed by atoms with Gasteiger partial charge in [0, 0.05) is 55.0 Å². The van der Waals surface area contributed by atoms with Gasteiger partial charge in [-0.15, -0.1) is 0 Å². The Morgan fingerprint density at radius 2 is 0.859 bits per heavy atom. The highest BCUT2D eigenvalue weighted by Gasteiger charge is 2.26. The van der Waals surface area contributed by atoms with Crippen molar-refractivity contribution >= 4 is 43.6 Å². The number of fused-ring (bicyclic) bond motifs is 7. The molecule has 64 heavy (non-hydrogen) atoms. The molecule has 12 rings (SSSR count). The SMILES string of the molecule is N#Cc1cc(-c2ccccc2)c(-n2c3ccccc3c3ccc4c(c5ccccc5n4-c4ccccc4)c32)c(-c2ccccc2-c2nc(-c3ccccc3)nc(-c3ccccc3)n2)c1. The molecule has 6 heteroatoms. The predicted molar refractivity (Wildman–Crippen MR) is 260 cm³/mol. The Hall–Kier alpha value is -8.92. The maximum Gasteiger partial charge on any atom is 0.164 e. The van der Waals surface area contributed by atoms with E-state index < -0.39 is 0 Å². The molecule has 12 aromatic rings. The van der Waals surface area contributed by atoms with Crippen molar-refractivity contribution in [1.82, 2.24) is 24.1 Å². The first kappa shape index (κ1) is 36.9. The van der Waals surface area contributed by atoms with E-state index in [0.29, 0.717) is 23.0 Å². The molecule has 0 saturated carbocycles. The van der Waals surface area contributed by atoms with E-state index in [1.54, 1.807) is 0 Å². The van der Waals surface area contributed by atoms with Gasteiger partial charge in [-0.3, -0.25) is 0 Å². The van der Waals surface area contributed by atoms with E-state index in [1.165, 1.54) is 0 Å². The van der Waals surface area contributed by atoms with Crippen LogP contribution in [0, 0.1) is 11.3 Å². The van der Waals surface area contributed by atoms with E-state index in [4.69, 9.17) is 15.0 Å². The molecule has 0 spiro atoms. The molecular weight excluding hydrogens is 781 g/mol. The molecule has 0 fully saturated rings. The Kier molecular flexibility index (Phi) is 8.77. The molecule has 0 radical (unpaired) electrons. The first-order valence-electron chi connectivity index (χ1n) is 21.3. The summed E-state index contributed by atoms with van der Waals surface area (Å²) in [5.41, 5.74) is 13.3. The lowest BCUT2D eigenvalue weighted by Crippen LogP contribution is -2.04. The molecule has 0 bridgehead atoms. The third kappa shape index (κ3) is 5.99. The fourth-order valence-corrected chi connectivity index (χ4v) is 9.42. The molecule has 0 amide bonds. The average Bonchev–Trinajstić information content (AvgIpc) is 3.89. The summed E-state index contributed by atoms with van der Waals surface area (Å²) in [5.74, 6) is 1.69. The van der Waals surface area contributed by atoms with Crippen LogP contribution in [-0.4, -0.2) is 24.1 Å². The average molecular weight is 817 g/mol. The molecular formula is C58H36N6. The maximum absolute atomic E-state index is 10.8. The van der Waals surface area contributed by atoms with Crippen LogP contribution in [0.15, 0.2) is 218 Å². The fraction of sp³-hybridized carbons (Fsp3) is 0. The zero-order valence-corrected chi connectivity index (χ0v) is 34.5. The van der Waals surface area contributed by atoms with E-state index in [1.807, 2.05) is 84.9 Å². The monoisotopic (exact) mass is 816 g/mol. The smallest absolute Gasteiger partial charge is 0.164 e. The second kappa shape index (κ2) is 15.2. The highest BCUT2D eigenvalue weighted by atomic mass is 15.0. The number of nitrogens with zero attached hydrogens (tertiary/aromatic N) is 6. The van der Waals surface area contributed by atoms with Crippen LogP contribution >= 0.6 is 0 Å². The zero-order chi connectivity index (χ0) is 42.6. The largest absolute Gasteiger partial charge is 0.309 e. The molecule has 0 aliphatic heterocycles. The van der Waals surface area contributed by atoms with Crippen LogP contribution in [0.5, 0.6) is 0 Å². The number of aromatic nitrogens is 5. The van der Waals surface area contributed by atoms with Crippen LogP contribution < -0.4 is 0 Å². The number of rotatable bonds is 7. The summed E-state index contributed by atoms with van der Waals surface area (Å²) < 4.78 is 4.82. The van der Waals surface area contributed by atoms with Crippen LogP contribution in [0.1, 0.15) is 5.56 Å². The summed E-state index contributed by atoms with van der Waals surface area (Å²) in [5, 5.41) is 15.4. The van der Waals surface area contributed by atoms with Gasteiger partial charge >= 0.3 is 0 Å². The first-order valence-corrected chi connectivity index (χ1v) is 21.3. The standard InChI is InChI=1S/C58H36N6/c59-37-38-35-48(39-19-5-1-6-20-39)54(49(36-38)43-27-13-14-29-46(43)58-61-56(40-21-7-2-8-22-40)60-57(62-58)41-23-9-3-10-24-41)64-50-31-17-15-28-44(50)45-33-34-52-53(55(45)64)47-30-16-18-32-51(47)63(52)42-25-11-4-12-26-42/h1-36H. The number of para-hydroxylation sites is 3. The van der Waals surface area contributed by atoms with Crippen molar-refractivity contribution in [3.05, 3.63) is 224 Å². The summed E-state index contributed by atoms with van der Waals surface area (Å²) in [7, 11) is 0. The summed E-state index contributed by atoms with van der Waals surface area (Å²) in [6.45, 7) is 0. The summed E-state index contributed by atoms with van der Waals surface area (Å²) in [6.07, 6.45) is 0. The molecule has 298 valence electrons. The predicted octanol–water partition coefficient (Wildman–Crippen LogP) is 14.3. The minimum atomic E-state index is 0.536. The highest BCUT2D eigenvalue weighted by Crippen LogP contribution is 2.47. The van der Waals surface area contributed by atoms with Gasteiger partial charge in [-0.25, -0.2) is 15.0 Å². The maximum atomic E-state index is 10.8. The molecule has 3 heterocycles. The second-order valence-corrected chi connectivity index (χ2v) is 15.9. The van der Waals surface area contributed by atoms with Crippen molar-refractivity contribution in [3.8, 4) is 73.9 Å². The van der Waals surface area contributed by atoms with Crippen LogP contribution in [-0.2, 0) is 0 Å². The molecule has 0 N–H and O–H groups in total. The zero-order valence-electron chi connectivity index (χ0n) is 34.5. The van der Waals surface area contributed by atoms with Crippen LogP contribution in [0.25, 0.3) is 111 Å². The third-order valence-corrected chi connectivity index (χ3v) is 12.2. The lowest BCUT2D eigenvalue weighted by Gasteiger charge is -2.21. The number of hydrogen-bond donors (Lipinski definition) is 0. The normalized spacial score (nSPS) is 11.4. The van der Waals surface area contributed by atoms with Gasteiger partial charge < -0.3 is 9.13 Å². The van der Waals surface area contributed by atoms with Gasteiger partial charge in [0.25, 0.3) is 0 Å². The van der Waals surface area contributed by atoms with Gasteiger partial charge in [0.2, 0.25) is 0 Å². The van der Waals surface area contributed by atoms with E-state index >= 15 is 0 Å². The van der Waals surface area contributed by atoms with Crippen molar-refractivity contribution < 1.29 is 0 Å². The molecule has 0 unspecified atom stereocenters. The Morgan fingerprint density at radius 1 is 0.359 bits per heavy atom. The molecule has 0 aliphatic carbocycles. The number of nitriles is 1. The summed E-state index contributed by atoms with van der Waals surface area (Å²) >= 11 is 0. The fourth-order valence-electron chi connectivity index (χ4n) is 9.42. The molecule has 3 aromatic heterocycles. The first-order chi connectivity index (χ1) is 31.7. The Balaban J connectivity index is 1.23. The van der Waals surface area contributed by atoms with Crippen molar-refractivity contribution in [2.24, 2.45) is 0 Å². The van der Waals surface area contributed by atoms with Gasteiger partial charge in [-0.1, -0.05) is 176 Å². The van der Waals surface area contributed by atoms with Gasteiger partial charge in [0.15, 0.2) is 17.5 Å². The summed E-state index contributed by atoms with van der Waals surface area (Å²) in [4.78, 5) is 15.4. The van der Waals surface area contributed by atoms with Crippen molar-refractivity contribution in [3.63, 3.8) is 0 Å². The van der Waals surface area contributed by atoms with E-state index in [0.717, 1.165) is 93.9 Å². The Bertz CT molecular complexity index is 3710.